The molecular formula is C18H24O4. The van der Waals surface area contributed by atoms with E-state index in [-0.39, 0.29) is 11.1 Å². The Kier molecular flexibility index (Phi) is 3.66. The topological polar surface area (TPSA) is 63.6 Å². The average Bonchev–Trinajstić information content (AvgIpc) is 2.43. The van der Waals surface area contributed by atoms with Crippen LogP contribution in [0, 0.1) is 23.7 Å². The smallest absolute Gasteiger partial charge is 0.338 e. The van der Waals surface area contributed by atoms with Gasteiger partial charge in [0.25, 0.3) is 0 Å². The number of hydrogen-bond acceptors (Lipinski definition) is 3. The summed E-state index contributed by atoms with van der Waals surface area (Å²) in [6.45, 7) is 7.20. The van der Waals surface area contributed by atoms with Crippen LogP contribution < -0.4 is 0 Å². The highest BCUT2D eigenvalue weighted by atomic mass is 16.6. The van der Waals surface area contributed by atoms with Gasteiger partial charge in [0.1, 0.15) is 5.60 Å². The minimum atomic E-state index is -1.05. The van der Waals surface area contributed by atoms with Crippen molar-refractivity contribution < 1.29 is 19.4 Å². The van der Waals surface area contributed by atoms with Crippen LogP contribution in [0.25, 0.3) is 0 Å². The van der Waals surface area contributed by atoms with Gasteiger partial charge in [-0.15, -0.1) is 0 Å². The number of ether oxygens (including phenoxy) is 1. The second kappa shape index (κ2) is 5.25. The zero-order valence-electron chi connectivity index (χ0n) is 13.3. The predicted molar refractivity (Wildman–Crippen MR) is 82.1 cm³/mol. The van der Waals surface area contributed by atoms with Gasteiger partial charge < -0.3 is 9.84 Å². The highest BCUT2D eigenvalue weighted by Gasteiger charge is 2.57. The zero-order chi connectivity index (χ0) is 16.1. The fourth-order valence-electron chi connectivity index (χ4n) is 4.93. The SMILES string of the molecule is C=C(C=C(C)C(=O)O)C(=O)OC1(C)C2CC3CC(C2)CC1C3. The first-order valence-electron chi connectivity index (χ1n) is 8.13. The van der Waals surface area contributed by atoms with Gasteiger partial charge in [-0.2, -0.15) is 0 Å². The quantitative estimate of drug-likeness (QED) is 0.491. The van der Waals surface area contributed by atoms with Gasteiger partial charge in [-0.1, -0.05) is 6.58 Å². The summed E-state index contributed by atoms with van der Waals surface area (Å²) in [5.74, 6) is 0.999. The van der Waals surface area contributed by atoms with Crippen molar-refractivity contribution >= 4 is 11.9 Å². The lowest BCUT2D eigenvalue weighted by molar-refractivity contribution is -0.199. The Labute approximate surface area is 131 Å². The van der Waals surface area contributed by atoms with E-state index in [1.165, 1.54) is 19.4 Å². The van der Waals surface area contributed by atoms with E-state index in [0.717, 1.165) is 37.5 Å². The Bertz CT molecular complexity index is 529. The number of carbonyl (C=O) groups excluding carboxylic acids is 1. The summed E-state index contributed by atoms with van der Waals surface area (Å²) < 4.78 is 5.88. The molecule has 0 unspecified atom stereocenters. The average molecular weight is 304 g/mol. The molecule has 4 nitrogen and oxygen atoms in total. The molecule has 4 rings (SSSR count). The van der Waals surface area contributed by atoms with Crippen molar-refractivity contribution in [3.05, 3.63) is 23.8 Å². The van der Waals surface area contributed by atoms with Crippen molar-refractivity contribution in [1.82, 2.24) is 0 Å². The first kappa shape index (κ1) is 15.3. The molecule has 4 fully saturated rings. The van der Waals surface area contributed by atoms with Crippen LogP contribution in [0.2, 0.25) is 0 Å². The molecular weight excluding hydrogens is 280 g/mol. The van der Waals surface area contributed by atoms with Gasteiger partial charge in [0.05, 0.1) is 5.57 Å². The largest absolute Gasteiger partial charge is 0.478 e. The molecule has 0 spiro atoms. The molecule has 4 heteroatoms. The summed E-state index contributed by atoms with van der Waals surface area (Å²) in [6, 6.07) is 0. The highest BCUT2D eigenvalue weighted by Crippen LogP contribution is 2.59. The van der Waals surface area contributed by atoms with Crippen molar-refractivity contribution in [1.29, 1.82) is 0 Å². The molecule has 0 saturated heterocycles. The second-order valence-electron chi connectivity index (χ2n) is 7.54. The highest BCUT2D eigenvalue weighted by molar-refractivity contribution is 5.95. The molecule has 0 heterocycles. The van der Waals surface area contributed by atoms with Crippen molar-refractivity contribution in [2.75, 3.05) is 0 Å². The van der Waals surface area contributed by atoms with E-state index in [1.54, 1.807) is 0 Å². The summed E-state index contributed by atoms with van der Waals surface area (Å²) in [7, 11) is 0. The Morgan fingerprint density at radius 2 is 1.64 bits per heavy atom. The third-order valence-corrected chi connectivity index (χ3v) is 6.06. The molecule has 22 heavy (non-hydrogen) atoms. The van der Waals surface area contributed by atoms with Crippen LogP contribution in [0.4, 0.5) is 0 Å². The van der Waals surface area contributed by atoms with Crippen LogP contribution in [0.15, 0.2) is 23.8 Å². The lowest BCUT2D eigenvalue weighted by Gasteiger charge is -2.59. The zero-order valence-corrected chi connectivity index (χ0v) is 13.3. The lowest BCUT2D eigenvalue weighted by Crippen LogP contribution is -2.58. The van der Waals surface area contributed by atoms with E-state index >= 15 is 0 Å². The molecule has 1 N–H and O–H groups in total. The number of carbonyl (C=O) groups is 2. The van der Waals surface area contributed by atoms with Crippen LogP contribution in [-0.4, -0.2) is 22.6 Å². The first-order valence-corrected chi connectivity index (χ1v) is 8.13. The third kappa shape index (κ3) is 2.49. The van der Waals surface area contributed by atoms with E-state index in [4.69, 9.17) is 9.84 Å². The van der Waals surface area contributed by atoms with Crippen LogP contribution >= 0.6 is 0 Å². The van der Waals surface area contributed by atoms with Crippen LogP contribution in [0.1, 0.15) is 46.0 Å². The van der Waals surface area contributed by atoms with Gasteiger partial charge in [0.2, 0.25) is 0 Å². The number of rotatable bonds is 4. The number of aliphatic carboxylic acids is 1. The standard InChI is InChI=1S/C18H24O4/c1-10(16(19)20)4-11(2)17(21)22-18(3)14-6-12-5-13(8-14)9-15(18)7-12/h4,12-15H,2,5-9H2,1,3H3,(H,19,20). The lowest BCUT2D eigenvalue weighted by atomic mass is 9.50. The van der Waals surface area contributed by atoms with Crippen LogP contribution in [0.3, 0.4) is 0 Å². The predicted octanol–water partition coefficient (Wildman–Crippen LogP) is 3.33. The van der Waals surface area contributed by atoms with Crippen molar-refractivity contribution in [3.8, 4) is 0 Å². The number of esters is 1. The normalized spacial score (nSPS) is 39.6. The Morgan fingerprint density at radius 1 is 1.14 bits per heavy atom. The Morgan fingerprint density at radius 3 is 2.09 bits per heavy atom. The van der Waals surface area contributed by atoms with Crippen molar-refractivity contribution in [2.24, 2.45) is 23.7 Å². The van der Waals surface area contributed by atoms with Crippen LogP contribution in [0.5, 0.6) is 0 Å². The molecule has 4 bridgehead atoms. The van der Waals surface area contributed by atoms with E-state index in [0.29, 0.717) is 11.8 Å². The number of carboxylic acids is 1. The van der Waals surface area contributed by atoms with Gasteiger partial charge in [0.15, 0.2) is 0 Å². The summed E-state index contributed by atoms with van der Waals surface area (Å²) >= 11 is 0. The van der Waals surface area contributed by atoms with Gasteiger partial charge in [0, 0.05) is 5.57 Å². The van der Waals surface area contributed by atoms with E-state index in [1.807, 2.05) is 0 Å². The van der Waals surface area contributed by atoms with E-state index in [2.05, 4.69) is 13.5 Å². The molecule has 4 aliphatic rings. The van der Waals surface area contributed by atoms with Gasteiger partial charge in [-0.05, 0) is 75.7 Å². The maximum Gasteiger partial charge on any atom is 0.338 e. The Hall–Kier alpha value is -1.58. The van der Waals surface area contributed by atoms with Crippen molar-refractivity contribution in [2.45, 2.75) is 51.6 Å². The Balaban J connectivity index is 1.72. The molecule has 0 aliphatic heterocycles. The minimum absolute atomic E-state index is 0.0946. The molecule has 4 aliphatic carbocycles. The second-order valence-corrected chi connectivity index (χ2v) is 7.54. The van der Waals surface area contributed by atoms with Crippen molar-refractivity contribution in [3.63, 3.8) is 0 Å². The van der Waals surface area contributed by atoms with E-state index in [9.17, 15) is 9.59 Å². The summed E-state index contributed by atoms with van der Waals surface area (Å²) in [4.78, 5) is 23.2. The molecule has 0 amide bonds. The molecule has 120 valence electrons. The molecule has 0 aromatic carbocycles. The minimum Gasteiger partial charge on any atom is -0.478 e. The summed E-state index contributed by atoms with van der Waals surface area (Å²) in [5.41, 5.74) is -0.189. The molecule has 0 radical (unpaired) electrons. The van der Waals surface area contributed by atoms with Gasteiger partial charge in [-0.25, -0.2) is 9.59 Å². The van der Waals surface area contributed by atoms with Crippen LogP contribution in [-0.2, 0) is 14.3 Å². The maximum absolute atomic E-state index is 12.3. The molecule has 4 saturated carbocycles. The fourth-order valence-corrected chi connectivity index (χ4v) is 4.93. The fraction of sp³-hybridized carbons (Fsp3) is 0.667. The molecule has 0 aromatic rings. The molecule has 0 aromatic heterocycles. The summed E-state index contributed by atoms with van der Waals surface area (Å²) in [6.07, 6.45) is 7.29. The van der Waals surface area contributed by atoms with E-state index < -0.39 is 17.5 Å². The molecule has 0 atom stereocenters. The number of hydrogen-bond donors (Lipinski definition) is 1. The maximum atomic E-state index is 12.3. The third-order valence-electron chi connectivity index (χ3n) is 6.06. The summed E-state index contributed by atoms with van der Waals surface area (Å²) in [5, 5.41) is 8.89. The monoisotopic (exact) mass is 304 g/mol. The first-order chi connectivity index (χ1) is 10.3. The number of carboxylic acid groups (broad SMARTS) is 1. The van der Waals surface area contributed by atoms with Gasteiger partial charge >= 0.3 is 11.9 Å². The van der Waals surface area contributed by atoms with Gasteiger partial charge in [-0.3, -0.25) is 0 Å².